The number of carbonyl (C=O) groups excluding carboxylic acids is 4. The monoisotopic (exact) mass is 427 g/mol. The highest BCUT2D eigenvalue weighted by Gasteiger charge is 2.67. The van der Waals surface area contributed by atoms with Crippen LogP contribution in [0.15, 0.2) is 66.7 Å². The van der Waals surface area contributed by atoms with Gasteiger partial charge in [-0.15, -0.1) is 0 Å². The maximum absolute atomic E-state index is 13.3. The SMILES string of the molecule is O=C(COC(=O)c1cccc(N2C(=O)C3C4C=CC(C5CC45)C3C2=O)c1)c1ccccc1. The van der Waals surface area contributed by atoms with Crippen molar-refractivity contribution in [2.45, 2.75) is 6.42 Å². The van der Waals surface area contributed by atoms with E-state index >= 15 is 0 Å². The summed E-state index contributed by atoms with van der Waals surface area (Å²) in [6, 6.07) is 14.9. The van der Waals surface area contributed by atoms with Gasteiger partial charge in [-0.1, -0.05) is 48.6 Å². The third-order valence-corrected chi connectivity index (χ3v) is 7.43. The summed E-state index contributed by atoms with van der Waals surface area (Å²) < 4.78 is 5.19. The summed E-state index contributed by atoms with van der Waals surface area (Å²) in [5, 5.41) is 0. The number of rotatable bonds is 5. The molecule has 1 aliphatic heterocycles. The van der Waals surface area contributed by atoms with Crippen LogP contribution in [0.25, 0.3) is 0 Å². The molecule has 160 valence electrons. The number of ketones is 1. The first-order valence-electron chi connectivity index (χ1n) is 11.0. The van der Waals surface area contributed by atoms with Crippen molar-refractivity contribution >= 4 is 29.3 Å². The molecule has 7 rings (SSSR count). The van der Waals surface area contributed by atoms with E-state index in [9.17, 15) is 19.2 Å². The van der Waals surface area contributed by atoms with Gasteiger partial charge in [0.15, 0.2) is 12.4 Å². The highest BCUT2D eigenvalue weighted by molar-refractivity contribution is 6.23. The van der Waals surface area contributed by atoms with Crippen molar-refractivity contribution in [3.05, 3.63) is 77.9 Å². The summed E-state index contributed by atoms with van der Waals surface area (Å²) in [7, 11) is 0. The van der Waals surface area contributed by atoms with E-state index in [4.69, 9.17) is 4.74 Å². The molecule has 6 nitrogen and oxygen atoms in total. The number of benzene rings is 2. The van der Waals surface area contributed by atoms with Gasteiger partial charge in [-0.25, -0.2) is 9.69 Å². The molecular weight excluding hydrogens is 406 g/mol. The molecule has 0 spiro atoms. The van der Waals surface area contributed by atoms with Crippen LogP contribution in [0.2, 0.25) is 0 Å². The van der Waals surface area contributed by atoms with E-state index in [1.165, 1.54) is 11.0 Å². The molecule has 2 bridgehead atoms. The van der Waals surface area contributed by atoms with E-state index in [1.807, 2.05) is 0 Å². The number of carbonyl (C=O) groups is 4. The number of imide groups is 1. The molecule has 0 N–H and O–H groups in total. The van der Waals surface area contributed by atoms with Gasteiger partial charge in [0.1, 0.15) is 0 Å². The Bertz CT molecular complexity index is 1150. The standard InChI is InChI=1S/C26H21NO5/c28-21(14-5-2-1-3-6-14)13-32-26(31)15-7-4-8-16(11-15)27-24(29)22-17-9-10-18(20-12-19(17)20)23(22)25(27)30/h1-11,17-20,22-23H,12-13H2. The van der Waals surface area contributed by atoms with Crippen LogP contribution in [0.3, 0.4) is 0 Å². The van der Waals surface area contributed by atoms with Crippen molar-refractivity contribution in [1.29, 1.82) is 0 Å². The smallest absolute Gasteiger partial charge is 0.338 e. The first-order valence-corrected chi connectivity index (χ1v) is 11.0. The van der Waals surface area contributed by atoms with Crippen molar-refractivity contribution in [1.82, 2.24) is 0 Å². The molecule has 32 heavy (non-hydrogen) atoms. The molecular formula is C26H21NO5. The second-order valence-corrected chi connectivity index (χ2v) is 9.08. The van der Waals surface area contributed by atoms with E-state index in [0.717, 1.165) is 6.42 Å². The minimum atomic E-state index is -0.671. The van der Waals surface area contributed by atoms with Gasteiger partial charge in [0.25, 0.3) is 0 Å². The van der Waals surface area contributed by atoms with Gasteiger partial charge >= 0.3 is 5.97 Å². The molecule has 2 amide bonds. The Morgan fingerprint density at radius 2 is 1.47 bits per heavy atom. The maximum Gasteiger partial charge on any atom is 0.338 e. The molecule has 4 aliphatic carbocycles. The van der Waals surface area contributed by atoms with Crippen LogP contribution in [0.1, 0.15) is 27.1 Å². The van der Waals surface area contributed by atoms with Crippen LogP contribution in [0, 0.1) is 35.5 Å². The van der Waals surface area contributed by atoms with E-state index in [1.54, 1.807) is 48.5 Å². The molecule has 6 unspecified atom stereocenters. The van der Waals surface area contributed by atoms with Gasteiger partial charge in [-0.3, -0.25) is 14.4 Å². The van der Waals surface area contributed by atoms with Gasteiger partial charge < -0.3 is 4.74 Å². The van der Waals surface area contributed by atoms with Gasteiger partial charge in [0.05, 0.1) is 23.1 Å². The average molecular weight is 427 g/mol. The first-order chi connectivity index (χ1) is 15.5. The minimum Gasteiger partial charge on any atom is -0.454 e. The zero-order valence-corrected chi connectivity index (χ0v) is 17.2. The predicted molar refractivity (Wildman–Crippen MR) is 115 cm³/mol. The lowest BCUT2D eigenvalue weighted by molar-refractivity contribution is -0.124. The van der Waals surface area contributed by atoms with Crippen molar-refractivity contribution in [2.24, 2.45) is 35.5 Å². The van der Waals surface area contributed by atoms with Crippen molar-refractivity contribution in [3.8, 4) is 0 Å². The zero-order valence-electron chi connectivity index (χ0n) is 17.2. The second kappa shape index (κ2) is 6.99. The average Bonchev–Trinajstić information content (AvgIpc) is 3.61. The van der Waals surface area contributed by atoms with Crippen LogP contribution in [0.5, 0.6) is 0 Å². The lowest BCUT2D eigenvalue weighted by atomic mass is 9.63. The number of esters is 1. The van der Waals surface area contributed by atoms with E-state index < -0.39 is 5.97 Å². The molecule has 2 saturated carbocycles. The molecule has 5 aliphatic rings. The topological polar surface area (TPSA) is 80.8 Å². The van der Waals surface area contributed by atoms with Crippen LogP contribution >= 0.6 is 0 Å². The van der Waals surface area contributed by atoms with Crippen molar-refractivity contribution in [3.63, 3.8) is 0 Å². The molecule has 3 fully saturated rings. The highest BCUT2D eigenvalue weighted by atomic mass is 16.5. The Labute approximate surface area is 184 Å². The second-order valence-electron chi connectivity index (χ2n) is 9.08. The molecule has 0 radical (unpaired) electrons. The Morgan fingerprint density at radius 1 is 0.844 bits per heavy atom. The van der Waals surface area contributed by atoms with Crippen LogP contribution < -0.4 is 4.90 Å². The number of hydrogen-bond acceptors (Lipinski definition) is 5. The number of hydrogen-bond donors (Lipinski definition) is 0. The first kappa shape index (κ1) is 19.2. The van der Waals surface area contributed by atoms with E-state index in [-0.39, 0.29) is 53.4 Å². The maximum atomic E-state index is 13.3. The van der Waals surface area contributed by atoms with Gasteiger partial charge in [-0.2, -0.15) is 0 Å². The molecule has 2 aromatic carbocycles. The predicted octanol–water partition coefficient (Wildman–Crippen LogP) is 3.28. The molecule has 1 saturated heterocycles. The van der Waals surface area contributed by atoms with Crippen LogP contribution in [0.4, 0.5) is 5.69 Å². The molecule has 2 aromatic rings. The van der Waals surface area contributed by atoms with Gasteiger partial charge in [-0.05, 0) is 48.3 Å². The number of anilines is 1. The van der Waals surface area contributed by atoms with Gasteiger partial charge in [0.2, 0.25) is 11.8 Å². The van der Waals surface area contributed by atoms with Gasteiger partial charge in [0, 0.05) is 5.56 Å². The number of ether oxygens (including phenoxy) is 1. The quantitative estimate of drug-likeness (QED) is 0.317. The zero-order chi connectivity index (χ0) is 22.0. The summed E-state index contributed by atoms with van der Waals surface area (Å²) in [5.74, 6) is -0.536. The highest BCUT2D eigenvalue weighted by Crippen LogP contribution is 2.65. The number of nitrogens with zero attached hydrogens (tertiary/aromatic N) is 1. The fraction of sp³-hybridized carbons (Fsp3) is 0.308. The summed E-state index contributed by atoms with van der Waals surface area (Å²) in [5.41, 5.74) is 1.04. The van der Waals surface area contributed by atoms with Crippen LogP contribution in [-0.4, -0.2) is 30.2 Å². The number of allylic oxidation sites excluding steroid dienone is 2. The van der Waals surface area contributed by atoms with Crippen molar-refractivity contribution < 1.29 is 23.9 Å². The molecule has 6 heteroatoms. The Kier molecular flexibility index (Phi) is 4.18. The van der Waals surface area contributed by atoms with E-state index in [0.29, 0.717) is 23.1 Å². The van der Waals surface area contributed by atoms with Crippen LogP contribution in [-0.2, 0) is 14.3 Å². The van der Waals surface area contributed by atoms with E-state index in [2.05, 4.69) is 12.2 Å². The number of Topliss-reactive ketones (excluding diaryl/α,β-unsaturated/α-hetero) is 1. The molecule has 1 heterocycles. The van der Waals surface area contributed by atoms with Crippen molar-refractivity contribution in [2.75, 3.05) is 11.5 Å². The summed E-state index contributed by atoms with van der Waals surface area (Å²) in [4.78, 5) is 52.5. The lowest BCUT2D eigenvalue weighted by Crippen LogP contribution is -2.40. The third kappa shape index (κ3) is 2.79. The Hall–Kier alpha value is -3.54. The number of amides is 2. The lowest BCUT2D eigenvalue weighted by Gasteiger charge is -2.37. The Morgan fingerprint density at radius 3 is 2.12 bits per heavy atom. The minimum absolute atomic E-state index is 0.147. The summed E-state index contributed by atoms with van der Waals surface area (Å²) >= 11 is 0. The fourth-order valence-corrected chi connectivity index (χ4v) is 5.91. The normalized spacial score (nSPS) is 31.3. The molecule has 6 atom stereocenters. The Balaban J connectivity index is 1.20. The summed E-state index contributed by atoms with van der Waals surface area (Å²) in [6.07, 6.45) is 5.37. The third-order valence-electron chi connectivity index (χ3n) is 7.43. The largest absolute Gasteiger partial charge is 0.454 e. The fourth-order valence-electron chi connectivity index (χ4n) is 5.91. The summed E-state index contributed by atoms with van der Waals surface area (Å²) in [6.45, 7) is -0.378. The molecule has 0 aromatic heterocycles.